The fourth-order valence-electron chi connectivity index (χ4n) is 7.42. The molecule has 1 amide bonds. The van der Waals surface area contributed by atoms with Crippen molar-refractivity contribution in [2.24, 2.45) is 20.0 Å². The summed E-state index contributed by atoms with van der Waals surface area (Å²) in [4.78, 5) is 46.4. The normalized spacial score (nSPS) is 20.2. The summed E-state index contributed by atoms with van der Waals surface area (Å²) < 4.78 is 21.3. The first kappa shape index (κ1) is 31.5. The van der Waals surface area contributed by atoms with E-state index in [1.165, 1.54) is 11.6 Å². The lowest BCUT2D eigenvalue weighted by molar-refractivity contribution is -0.146. The van der Waals surface area contributed by atoms with Gasteiger partial charge in [0.25, 0.3) is 5.56 Å². The van der Waals surface area contributed by atoms with Crippen LogP contribution in [0.15, 0.2) is 94.5 Å². The number of hydrogen-bond acceptors (Lipinski definition) is 6. The molecule has 0 saturated carbocycles. The summed E-state index contributed by atoms with van der Waals surface area (Å²) in [5, 5.41) is 1.12. The van der Waals surface area contributed by atoms with E-state index in [9.17, 15) is 14.4 Å². The van der Waals surface area contributed by atoms with Crippen molar-refractivity contribution in [3.05, 3.63) is 134 Å². The molecule has 4 heterocycles. The van der Waals surface area contributed by atoms with Crippen LogP contribution >= 0.6 is 0 Å². The van der Waals surface area contributed by atoms with Gasteiger partial charge < -0.3 is 19.2 Å². The lowest BCUT2D eigenvalue weighted by Gasteiger charge is -2.42. The van der Waals surface area contributed by atoms with E-state index in [0.29, 0.717) is 38.0 Å². The standard InChI is InChI=1S/C38H40N4O6/c1-4-26-29(32-34(43)40(2)37(44)41(3)35(32)48-36(26)46-22-24-13-7-5-8-14-24)21-31-33-28(27-17-11-12-18-30(27)39-33)19-20-42(31)38(45)47-23-25-15-9-6-10-16-25/h5-18,26,29,31,36,39H,4,19-23H2,1-3H3/t26-,29+,31+,36-/m1/s1. The number of hydrogen-bond donors (Lipinski definition) is 1. The minimum atomic E-state index is -0.727. The van der Waals surface area contributed by atoms with E-state index in [-0.39, 0.29) is 18.4 Å². The molecular weight excluding hydrogens is 608 g/mol. The molecule has 7 rings (SSSR count). The second-order valence-electron chi connectivity index (χ2n) is 12.7. The zero-order valence-corrected chi connectivity index (χ0v) is 27.4. The van der Waals surface area contributed by atoms with Crippen molar-refractivity contribution in [1.29, 1.82) is 0 Å². The van der Waals surface area contributed by atoms with Gasteiger partial charge in [0.2, 0.25) is 12.2 Å². The van der Waals surface area contributed by atoms with E-state index in [1.54, 1.807) is 11.9 Å². The molecule has 2 aromatic heterocycles. The minimum absolute atomic E-state index is 0.151. The van der Waals surface area contributed by atoms with Crippen LogP contribution in [-0.2, 0) is 43.2 Å². The number of aromatic amines is 1. The number of aromatic nitrogens is 3. The lowest BCUT2D eigenvalue weighted by atomic mass is 9.77. The molecule has 0 saturated heterocycles. The number of amides is 1. The number of nitrogens with zero attached hydrogens (tertiary/aromatic N) is 3. The molecule has 4 atom stereocenters. The fourth-order valence-corrected chi connectivity index (χ4v) is 7.42. The molecular formula is C38H40N4O6. The van der Waals surface area contributed by atoms with Gasteiger partial charge in [-0.3, -0.25) is 18.8 Å². The predicted octanol–water partition coefficient (Wildman–Crippen LogP) is 5.94. The zero-order chi connectivity index (χ0) is 33.4. The van der Waals surface area contributed by atoms with Gasteiger partial charge in [-0.2, -0.15) is 0 Å². The van der Waals surface area contributed by atoms with Crippen LogP contribution in [0.25, 0.3) is 10.9 Å². The van der Waals surface area contributed by atoms with Crippen LogP contribution in [0.2, 0.25) is 0 Å². The van der Waals surface area contributed by atoms with Crippen LogP contribution in [0, 0.1) is 5.92 Å². The molecule has 3 aromatic carbocycles. The number of ether oxygens (including phenoxy) is 3. The Bertz CT molecular complexity index is 2050. The first-order valence-electron chi connectivity index (χ1n) is 16.5. The van der Waals surface area contributed by atoms with Gasteiger partial charge in [-0.15, -0.1) is 0 Å². The maximum atomic E-state index is 14.0. The van der Waals surface area contributed by atoms with Crippen LogP contribution in [-0.4, -0.2) is 37.9 Å². The maximum Gasteiger partial charge on any atom is 0.410 e. The number of fused-ring (bicyclic) bond motifs is 4. The van der Waals surface area contributed by atoms with Gasteiger partial charge in [-0.05, 0) is 42.0 Å². The molecule has 5 aromatic rings. The van der Waals surface area contributed by atoms with Crippen molar-refractivity contribution in [1.82, 2.24) is 19.0 Å². The van der Waals surface area contributed by atoms with Crippen molar-refractivity contribution in [2.75, 3.05) is 6.54 Å². The maximum absolute atomic E-state index is 14.0. The van der Waals surface area contributed by atoms with Gasteiger partial charge in [0.1, 0.15) is 6.61 Å². The largest absolute Gasteiger partial charge is 0.449 e. The SMILES string of the molecule is CC[C@H]1[C@H](OCc2ccccc2)Oc2c(c(=O)n(C)c(=O)n2C)[C@H]1C[C@H]1c2[nH]c3ccccc3c2CCN1C(=O)OCc1ccccc1. The van der Waals surface area contributed by atoms with Gasteiger partial charge in [-0.25, -0.2) is 9.59 Å². The Morgan fingerprint density at radius 1 is 0.896 bits per heavy atom. The number of para-hydroxylation sites is 1. The van der Waals surface area contributed by atoms with Crippen molar-refractivity contribution in [2.45, 2.75) is 57.6 Å². The monoisotopic (exact) mass is 648 g/mol. The zero-order valence-electron chi connectivity index (χ0n) is 27.4. The number of carbonyl (C=O) groups excluding carboxylic acids is 1. The highest BCUT2D eigenvalue weighted by molar-refractivity contribution is 5.85. The average Bonchev–Trinajstić information content (AvgIpc) is 3.51. The fraction of sp³-hybridized carbons (Fsp3) is 0.342. The Balaban J connectivity index is 1.30. The van der Waals surface area contributed by atoms with Gasteiger partial charge in [0, 0.05) is 49.1 Å². The third-order valence-electron chi connectivity index (χ3n) is 9.91. The van der Waals surface area contributed by atoms with Crippen molar-refractivity contribution in [3.8, 4) is 5.88 Å². The van der Waals surface area contributed by atoms with Crippen LogP contribution in [0.1, 0.15) is 59.7 Å². The molecule has 248 valence electrons. The summed E-state index contributed by atoms with van der Waals surface area (Å²) in [6.45, 7) is 2.96. The summed E-state index contributed by atoms with van der Waals surface area (Å²) in [7, 11) is 3.10. The van der Waals surface area contributed by atoms with E-state index in [0.717, 1.165) is 37.9 Å². The van der Waals surface area contributed by atoms with E-state index in [1.807, 2.05) is 78.9 Å². The Labute approximate surface area is 278 Å². The van der Waals surface area contributed by atoms with Gasteiger partial charge in [0.15, 0.2) is 0 Å². The molecule has 2 aliphatic heterocycles. The first-order valence-corrected chi connectivity index (χ1v) is 16.5. The number of nitrogens with one attached hydrogen (secondary N) is 1. The third kappa shape index (κ3) is 5.70. The second-order valence-corrected chi connectivity index (χ2v) is 12.7. The van der Waals surface area contributed by atoms with Crippen LogP contribution in [0.4, 0.5) is 4.79 Å². The molecule has 48 heavy (non-hydrogen) atoms. The van der Waals surface area contributed by atoms with E-state index in [2.05, 4.69) is 18.0 Å². The van der Waals surface area contributed by atoms with E-state index in [4.69, 9.17) is 14.2 Å². The van der Waals surface area contributed by atoms with Crippen molar-refractivity contribution >= 4 is 17.0 Å². The van der Waals surface area contributed by atoms with Crippen molar-refractivity contribution < 1.29 is 19.0 Å². The van der Waals surface area contributed by atoms with Crippen LogP contribution in [0.5, 0.6) is 5.88 Å². The van der Waals surface area contributed by atoms with Crippen LogP contribution < -0.4 is 16.0 Å². The molecule has 0 unspecified atom stereocenters. The number of H-pyrrole nitrogens is 1. The summed E-state index contributed by atoms with van der Waals surface area (Å²) in [5.74, 6) is -0.443. The lowest BCUT2D eigenvalue weighted by Crippen LogP contribution is -2.49. The smallest absolute Gasteiger partial charge is 0.410 e. The van der Waals surface area contributed by atoms with E-state index >= 15 is 0 Å². The minimum Gasteiger partial charge on any atom is -0.449 e. The summed E-state index contributed by atoms with van der Waals surface area (Å²) in [6, 6.07) is 27.2. The summed E-state index contributed by atoms with van der Waals surface area (Å²) >= 11 is 0. The van der Waals surface area contributed by atoms with Gasteiger partial charge in [-0.1, -0.05) is 85.8 Å². The quantitative estimate of drug-likeness (QED) is 0.223. The molecule has 0 bridgehead atoms. The Morgan fingerprint density at radius 2 is 1.56 bits per heavy atom. The van der Waals surface area contributed by atoms with Crippen LogP contribution in [0.3, 0.4) is 0 Å². The molecule has 10 heteroatoms. The Hall–Kier alpha value is -5.09. The highest BCUT2D eigenvalue weighted by Crippen LogP contribution is 2.47. The number of rotatable bonds is 8. The highest BCUT2D eigenvalue weighted by atomic mass is 16.7. The molecule has 0 spiro atoms. The molecule has 0 fully saturated rings. The first-order chi connectivity index (χ1) is 23.4. The third-order valence-corrected chi connectivity index (χ3v) is 9.91. The number of carbonyl (C=O) groups is 1. The summed E-state index contributed by atoms with van der Waals surface area (Å²) in [5.41, 5.74) is 4.52. The Morgan fingerprint density at radius 3 is 2.27 bits per heavy atom. The predicted molar refractivity (Wildman–Crippen MR) is 182 cm³/mol. The molecule has 0 aliphatic carbocycles. The molecule has 0 radical (unpaired) electrons. The second kappa shape index (κ2) is 13.2. The van der Waals surface area contributed by atoms with E-state index < -0.39 is 35.6 Å². The molecule has 10 nitrogen and oxygen atoms in total. The highest BCUT2D eigenvalue weighted by Gasteiger charge is 2.45. The van der Waals surface area contributed by atoms with Crippen molar-refractivity contribution in [3.63, 3.8) is 0 Å². The average molecular weight is 649 g/mol. The topological polar surface area (TPSA) is 108 Å². The van der Waals surface area contributed by atoms with Gasteiger partial charge >= 0.3 is 11.8 Å². The Kier molecular flexibility index (Phi) is 8.66. The molecule has 1 N–H and O–H groups in total. The van der Waals surface area contributed by atoms with Gasteiger partial charge in [0.05, 0.1) is 18.2 Å². The number of benzene rings is 3. The molecule has 2 aliphatic rings. The summed E-state index contributed by atoms with van der Waals surface area (Å²) in [6.07, 6.45) is 0.554.